The van der Waals surface area contributed by atoms with E-state index in [1.54, 1.807) is 0 Å². The topological polar surface area (TPSA) is 34.1 Å². The van der Waals surface area contributed by atoms with E-state index in [-0.39, 0.29) is 17.0 Å². The lowest BCUT2D eigenvalue weighted by molar-refractivity contribution is -0.119. The van der Waals surface area contributed by atoms with Gasteiger partial charge < -0.3 is 0 Å². The number of Topliss-reactive ketones (excluding diaryl/α,β-unsaturated/α-hetero) is 2. The molecular weight excluding hydrogens is 212 g/mol. The van der Waals surface area contributed by atoms with Crippen molar-refractivity contribution in [3.63, 3.8) is 0 Å². The Hall–Kier alpha value is -0.920. The molecule has 0 unspecified atom stereocenters. The van der Waals surface area contributed by atoms with Crippen molar-refractivity contribution in [2.75, 3.05) is 0 Å². The molecule has 0 aromatic carbocycles. The molecule has 0 bridgehead atoms. The fraction of sp³-hybridized carbons (Fsp3) is 0.733. The van der Waals surface area contributed by atoms with Crippen LogP contribution < -0.4 is 0 Å². The van der Waals surface area contributed by atoms with E-state index in [2.05, 4.69) is 13.8 Å². The molecule has 0 heterocycles. The van der Waals surface area contributed by atoms with Crippen LogP contribution in [0.3, 0.4) is 0 Å². The predicted molar refractivity (Wildman–Crippen MR) is 69.9 cm³/mol. The average Bonchev–Trinajstić information content (AvgIpc) is 2.14. The van der Waals surface area contributed by atoms with Crippen molar-refractivity contribution < 1.29 is 9.59 Å². The van der Waals surface area contributed by atoms with E-state index in [0.29, 0.717) is 25.7 Å². The molecule has 0 saturated carbocycles. The van der Waals surface area contributed by atoms with Crippen LogP contribution in [0, 0.1) is 5.41 Å². The van der Waals surface area contributed by atoms with Gasteiger partial charge in [0.05, 0.1) is 0 Å². The second-order valence-corrected chi connectivity index (χ2v) is 5.99. The minimum absolute atomic E-state index is 0.0953. The Kier molecular flexibility index (Phi) is 4.67. The van der Waals surface area contributed by atoms with Gasteiger partial charge in [-0.3, -0.25) is 9.59 Å². The third kappa shape index (κ3) is 4.10. The Morgan fingerprint density at radius 3 is 2.41 bits per heavy atom. The smallest absolute Gasteiger partial charge is 0.159 e. The van der Waals surface area contributed by atoms with Gasteiger partial charge >= 0.3 is 0 Å². The third-order valence-corrected chi connectivity index (χ3v) is 3.42. The summed E-state index contributed by atoms with van der Waals surface area (Å²) >= 11 is 0. The van der Waals surface area contributed by atoms with Crippen LogP contribution in [0.4, 0.5) is 0 Å². The largest absolute Gasteiger partial charge is 0.300 e. The Morgan fingerprint density at radius 2 is 1.88 bits per heavy atom. The second-order valence-electron chi connectivity index (χ2n) is 5.99. The average molecular weight is 236 g/mol. The first-order valence-corrected chi connectivity index (χ1v) is 6.59. The van der Waals surface area contributed by atoms with Gasteiger partial charge in [-0.1, -0.05) is 26.3 Å². The molecule has 0 aromatic heterocycles. The Bertz CT molecular complexity index is 348. The maximum atomic E-state index is 12.0. The summed E-state index contributed by atoms with van der Waals surface area (Å²) in [4.78, 5) is 23.5. The Morgan fingerprint density at radius 1 is 1.24 bits per heavy atom. The third-order valence-electron chi connectivity index (χ3n) is 3.42. The van der Waals surface area contributed by atoms with Gasteiger partial charge in [-0.05, 0) is 37.2 Å². The first kappa shape index (κ1) is 14.1. The summed E-state index contributed by atoms with van der Waals surface area (Å²) in [6.07, 6.45) is 4.34. The van der Waals surface area contributed by atoms with Crippen molar-refractivity contribution in [3.8, 4) is 0 Å². The summed E-state index contributed by atoms with van der Waals surface area (Å²) in [6, 6.07) is 0. The van der Waals surface area contributed by atoms with E-state index in [9.17, 15) is 9.59 Å². The Balaban J connectivity index is 2.64. The van der Waals surface area contributed by atoms with Crippen molar-refractivity contribution in [3.05, 3.63) is 11.1 Å². The lowest BCUT2D eigenvalue weighted by atomic mass is 9.73. The maximum Gasteiger partial charge on any atom is 0.159 e. The summed E-state index contributed by atoms with van der Waals surface area (Å²) < 4.78 is 0. The first-order valence-electron chi connectivity index (χ1n) is 6.59. The van der Waals surface area contributed by atoms with Gasteiger partial charge in [-0.15, -0.1) is 0 Å². The van der Waals surface area contributed by atoms with Crippen LogP contribution >= 0.6 is 0 Å². The molecule has 0 saturated heterocycles. The molecule has 1 aliphatic carbocycles. The van der Waals surface area contributed by atoms with E-state index >= 15 is 0 Å². The normalized spacial score (nSPS) is 19.6. The molecule has 0 amide bonds. The maximum absolute atomic E-state index is 12.0. The summed E-state index contributed by atoms with van der Waals surface area (Å²) in [7, 11) is 0. The predicted octanol–water partition coefficient (Wildman–Crippen LogP) is 3.84. The van der Waals surface area contributed by atoms with E-state index in [1.807, 2.05) is 13.8 Å². The SMILES string of the molecule is CCCC(=O)CCC1=C(C)CC(C)(C)CC1=O. The van der Waals surface area contributed by atoms with Gasteiger partial charge in [0.2, 0.25) is 0 Å². The van der Waals surface area contributed by atoms with E-state index in [1.165, 1.54) is 5.57 Å². The van der Waals surface area contributed by atoms with Crippen LogP contribution in [-0.2, 0) is 9.59 Å². The Labute approximate surface area is 104 Å². The molecule has 0 fully saturated rings. The van der Waals surface area contributed by atoms with Crippen LogP contribution in [0.5, 0.6) is 0 Å². The number of allylic oxidation sites excluding steroid dienone is 2. The zero-order chi connectivity index (χ0) is 13.1. The molecule has 0 atom stereocenters. The van der Waals surface area contributed by atoms with Gasteiger partial charge in [-0.25, -0.2) is 0 Å². The number of carbonyl (C=O) groups is 2. The van der Waals surface area contributed by atoms with Gasteiger partial charge in [0.1, 0.15) is 5.78 Å². The molecule has 1 aliphatic rings. The standard InChI is InChI=1S/C15H24O2/c1-5-6-12(16)7-8-13-11(2)9-15(3,4)10-14(13)17/h5-10H2,1-4H3. The van der Waals surface area contributed by atoms with E-state index < -0.39 is 0 Å². The van der Waals surface area contributed by atoms with Crippen molar-refractivity contribution in [1.29, 1.82) is 0 Å². The second kappa shape index (κ2) is 5.61. The fourth-order valence-electron chi connectivity index (χ4n) is 2.69. The highest BCUT2D eigenvalue weighted by atomic mass is 16.1. The lowest BCUT2D eigenvalue weighted by Gasteiger charge is -2.31. The van der Waals surface area contributed by atoms with Crippen molar-refractivity contribution in [2.24, 2.45) is 5.41 Å². The van der Waals surface area contributed by atoms with Crippen molar-refractivity contribution in [2.45, 2.75) is 66.2 Å². The molecule has 0 N–H and O–H groups in total. The zero-order valence-electron chi connectivity index (χ0n) is 11.6. The highest BCUT2D eigenvalue weighted by Crippen LogP contribution is 2.37. The molecule has 17 heavy (non-hydrogen) atoms. The molecule has 0 aromatic rings. The van der Waals surface area contributed by atoms with Gasteiger partial charge in [0.15, 0.2) is 5.78 Å². The minimum atomic E-state index is 0.0953. The fourth-order valence-corrected chi connectivity index (χ4v) is 2.69. The van der Waals surface area contributed by atoms with E-state index in [0.717, 1.165) is 18.4 Å². The quantitative estimate of drug-likeness (QED) is 0.726. The minimum Gasteiger partial charge on any atom is -0.300 e. The molecule has 2 nitrogen and oxygen atoms in total. The summed E-state index contributed by atoms with van der Waals surface area (Å²) in [6.45, 7) is 8.32. The van der Waals surface area contributed by atoms with E-state index in [4.69, 9.17) is 0 Å². The zero-order valence-corrected chi connectivity index (χ0v) is 11.6. The van der Waals surface area contributed by atoms with Crippen LogP contribution in [0.15, 0.2) is 11.1 Å². The van der Waals surface area contributed by atoms with Crippen molar-refractivity contribution in [1.82, 2.24) is 0 Å². The molecule has 0 aliphatic heterocycles. The number of carbonyl (C=O) groups excluding carboxylic acids is 2. The van der Waals surface area contributed by atoms with Crippen LogP contribution in [0.1, 0.15) is 66.2 Å². The lowest BCUT2D eigenvalue weighted by Crippen LogP contribution is -2.25. The van der Waals surface area contributed by atoms with Crippen LogP contribution in [-0.4, -0.2) is 11.6 Å². The van der Waals surface area contributed by atoms with Gasteiger partial charge in [0, 0.05) is 19.3 Å². The number of hydrogen-bond donors (Lipinski definition) is 0. The number of rotatable bonds is 5. The molecule has 0 radical (unpaired) electrons. The van der Waals surface area contributed by atoms with Crippen LogP contribution in [0.25, 0.3) is 0 Å². The van der Waals surface area contributed by atoms with Gasteiger partial charge in [-0.2, -0.15) is 0 Å². The number of hydrogen-bond acceptors (Lipinski definition) is 2. The molecule has 2 heteroatoms. The molecule has 96 valence electrons. The number of ketones is 2. The summed E-state index contributed by atoms with van der Waals surface area (Å²) in [5.74, 6) is 0.536. The summed E-state index contributed by atoms with van der Waals surface area (Å²) in [5.41, 5.74) is 2.21. The highest BCUT2D eigenvalue weighted by Gasteiger charge is 2.30. The van der Waals surface area contributed by atoms with Gasteiger partial charge in [0.25, 0.3) is 0 Å². The van der Waals surface area contributed by atoms with Crippen LogP contribution in [0.2, 0.25) is 0 Å². The highest BCUT2D eigenvalue weighted by molar-refractivity contribution is 5.98. The molecular formula is C15H24O2. The first-order chi connectivity index (χ1) is 7.85. The molecule has 0 spiro atoms. The monoisotopic (exact) mass is 236 g/mol. The summed E-state index contributed by atoms with van der Waals surface area (Å²) in [5, 5.41) is 0. The van der Waals surface area contributed by atoms with Crippen molar-refractivity contribution >= 4 is 11.6 Å². The molecule has 1 rings (SSSR count).